The molecule has 1 aromatic rings. The molecule has 1 heterocycles. The average Bonchev–Trinajstić information content (AvgIpc) is 3.00. The van der Waals surface area contributed by atoms with Crippen LogP contribution in [0.3, 0.4) is 0 Å². The maximum atomic E-state index is 6.18. The lowest BCUT2D eigenvalue weighted by atomic mass is 10.0. The summed E-state index contributed by atoms with van der Waals surface area (Å²) in [6, 6.07) is 6.21. The molecule has 0 amide bonds. The predicted octanol–water partition coefficient (Wildman–Crippen LogP) is 1.81. The molecule has 0 aromatic heterocycles. The standard InChI is InChI=1S/C16H24N2O2/c1-18-8-5-13(11-18)20-14-4-3-12(9-15(14)19-2)10-16(17)6-7-16/h3-4,9,13H,5-8,10-11,17H2,1-2H3. The van der Waals surface area contributed by atoms with E-state index in [2.05, 4.69) is 24.1 Å². The highest BCUT2D eigenvalue weighted by Crippen LogP contribution is 2.38. The number of benzene rings is 1. The molecule has 2 N–H and O–H groups in total. The highest BCUT2D eigenvalue weighted by atomic mass is 16.5. The van der Waals surface area contributed by atoms with Crippen molar-refractivity contribution in [2.45, 2.75) is 37.3 Å². The molecule has 110 valence electrons. The second-order valence-electron chi connectivity index (χ2n) is 6.32. The Kier molecular flexibility index (Phi) is 3.61. The number of ether oxygens (including phenoxy) is 2. The third kappa shape index (κ3) is 3.07. The van der Waals surface area contributed by atoms with Crippen LogP contribution in [0.15, 0.2) is 18.2 Å². The summed E-state index contributed by atoms with van der Waals surface area (Å²) in [5.41, 5.74) is 7.44. The molecule has 1 saturated heterocycles. The molecular weight excluding hydrogens is 252 g/mol. The molecule has 20 heavy (non-hydrogen) atoms. The van der Waals surface area contributed by atoms with Crippen LogP contribution in [0, 0.1) is 0 Å². The van der Waals surface area contributed by atoms with E-state index >= 15 is 0 Å². The van der Waals surface area contributed by atoms with Crippen molar-refractivity contribution in [2.75, 3.05) is 27.2 Å². The summed E-state index contributed by atoms with van der Waals surface area (Å²) < 4.78 is 11.5. The molecule has 0 radical (unpaired) electrons. The lowest BCUT2D eigenvalue weighted by molar-refractivity contribution is 0.199. The third-order valence-electron chi connectivity index (χ3n) is 4.32. The number of nitrogens with zero attached hydrogens (tertiary/aromatic N) is 1. The van der Waals surface area contributed by atoms with Crippen molar-refractivity contribution < 1.29 is 9.47 Å². The van der Waals surface area contributed by atoms with E-state index in [1.807, 2.05) is 6.07 Å². The van der Waals surface area contributed by atoms with Crippen molar-refractivity contribution >= 4 is 0 Å². The smallest absolute Gasteiger partial charge is 0.161 e. The van der Waals surface area contributed by atoms with Gasteiger partial charge in [0.2, 0.25) is 0 Å². The van der Waals surface area contributed by atoms with Crippen LogP contribution in [0.1, 0.15) is 24.8 Å². The van der Waals surface area contributed by atoms with Crippen molar-refractivity contribution in [1.29, 1.82) is 0 Å². The second kappa shape index (κ2) is 5.26. The highest BCUT2D eigenvalue weighted by Gasteiger charge is 2.38. The summed E-state index contributed by atoms with van der Waals surface area (Å²) in [4.78, 5) is 2.29. The van der Waals surface area contributed by atoms with Gasteiger partial charge in [0.1, 0.15) is 6.10 Å². The Labute approximate surface area is 120 Å². The zero-order valence-corrected chi connectivity index (χ0v) is 12.4. The molecule has 1 unspecified atom stereocenters. The Morgan fingerprint density at radius 3 is 2.75 bits per heavy atom. The van der Waals surface area contributed by atoms with Crippen LogP contribution in [0.25, 0.3) is 0 Å². The number of methoxy groups -OCH3 is 1. The van der Waals surface area contributed by atoms with Gasteiger partial charge in [-0.05, 0) is 50.4 Å². The number of nitrogens with two attached hydrogens (primary N) is 1. The minimum absolute atomic E-state index is 0.0293. The summed E-state index contributed by atoms with van der Waals surface area (Å²) >= 11 is 0. The van der Waals surface area contributed by atoms with E-state index in [0.717, 1.165) is 50.3 Å². The first-order valence-corrected chi connectivity index (χ1v) is 7.39. The van der Waals surface area contributed by atoms with Gasteiger partial charge in [0, 0.05) is 18.6 Å². The normalized spacial score (nSPS) is 24.6. The van der Waals surface area contributed by atoms with Crippen molar-refractivity contribution in [3.05, 3.63) is 23.8 Å². The van der Waals surface area contributed by atoms with E-state index < -0.39 is 0 Å². The van der Waals surface area contributed by atoms with Gasteiger partial charge < -0.3 is 20.1 Å². The summed E-state index contributed by atoms with van der Waals surface area (Å²) in [6.07, 6.45) is 4.52. The maximum absolute atomic E-state index is 6.18. The first-order valence-electron chi connectivity index (χ1n) is 7.39. The van der Waals surface area contributed by atoms with E-state index in [1.54, 1.807) is 7.11 Å². The monoisotopic (exact) mass is 276 g/mol. The van der Waals surface area contributed by atoms with Crippen molar-refractivity contribution in [3.63, 3.8) is 0 Å². The SMILES string of the molecule is COc1cc(CC2(N)CC2)ccc1OC1CCN(C)C1. The molecule has 1 aromatic carbocycles. The Balaban J connectivity index is 1.70. The number of rotatable bonds is 5. The Morgan fingerprint density at radius 1 is 1.35 bits per heavy atom. The van der Waals surface area contributed by atoms with Crippen molar-refractivity contribution in [2.24, 2.45) is 5.73 Å². The Morgan fingerprint density at radius 2 is 2.15 bits per heavy atom. The maximum Gasteiger partial charge on any atom is 0.161 e. The topological polar surface area (TPSA) is 47.7 Å². The molecule has 1 atom stereocenters. The largest absolute Gasteiger partial charge is 0.493 e. The van der Waals surface area contributed by atoms with E-state index in [9.17, 15) is 0 Å². The van der Waals surface area contributed by atoms with Gasteiger partial charge in [0.05, 0.1) is 7.11 Å². The minimum Gasteiger partial charge on any atom is -0.493 e. The Bertz CT molecular complexity index is 485. The van der Waals surface area contributed by atoms with Gasteiger partial charge in [-0.15, -0.1) is 0 Å². The van der Waals surface area contributed by atoms with E-state index in [-0.39, 0.29) is 11.6 Å². The number of likely N-dealkylation sites (tertiary alicyclic amines) is 1. The molecule has 1 aliphatic carbocycles. The fourth-order valence-corrected chi connectivity index (χ4v) is 2.83. The molecule has 4 nitrogen and oxygen atoms in total. The van der Waals surface area contributed by atoms with Gasteiger partial charge >= 0.3 is 0 Å². The summed E-state index contributed by atoms with van der Waals surface area (Å²) in [7, 11) is 3.82. The molecule has 1 saturated carbocycles. The van der Waals surface area contributed by atoms with Crippen LogP contribution in [-0.4, -0.2) is 43.8 Å². The molecule has 0 spiro atoms. The van der Waals surface area contributed by atoms with E-state index in [4.69, 9.17) is 15.2 Å². The van der Waals surface area contributed by atoms with Gasteiger partial charge in [-0.2, -0.15) is 0 Å². The number of hydrogen-bond acceptors (Lipinski definition) is 4. The number of likely N-dealkylation sites (N-methyl/N-ethyl adjacent to an activating group) is 1. The van der Waals surface area contributed by atoms with Gasteiger partial charge in [0.25, 0.3) is 0 Å². The van der Waals surface area contributed by atoms with Crippen LogP contribution < -0.4 is 15.2 Å². The lowest BCUT2D eigenvalue weighted by Crippen LogP contribution is -2.24. The van der Waals surface area contributed by atoms with Gasteiger partial charge in [-0.3, -0.25) is 0 Å². The fraction of sp³-hybridized carbons (Fsp3) is 0.625. The molecule has 4 heteroatoms. The fourth-order valence-electron chi connectivity index (χ4n) is 2.83. The van der Waals surface area contributed by atoms with Crippen LogP contribution in [0.2, 0.25) is 0 Å². The zero-order chi connectivity index (χ0) is 14.2. The summed E-state index contributed by atoms with van der Waals surface area (Å²) in [6.45, 7) is 2.08. The zero-order valence-electron chi connectivity index (χ0n) is 12.4. The molecule has 3 rings (SSSR count). The first-order chi connectivity index (χ1) is 9.58. The van der Waals surface area contributed by atoms with Crippen molar-refractivity contribution in [1.82, 2.24) is 4.90 Å². The average molecular weight is 276 g/mol. The van der Waals surface area contributed by atoms with E-state index in [0.29, 0.717) is 0 Å². The third-order valence-corrected chi connectivity index (χ3v) is 4.32. The molecular formula is C16H24N2O2. The Hall–Kier alpha value is -1.26. The van der Waals surface area contributed by atoms with Crippen molar-refractivity contribution in [3.8, 4) is 11.5 Å². The minimum atomic E-state index is 0.0293. The lowest BCUT2D eigenvalue weighted by Gasteiger charge is -2.17. The van der Waals surface area contributed by atoms with Gasteiger partial charge in [-0.25, -0.2) is 0 Å². The van der Waals surface area contributed by atoms with Crippen LogP contribution in [0.4, 0.5) is 0 Å². The number of hydrogen-bond donors (Lipinski definition) is 1. The van der Waals surface area contributed by atoms with Crippen LogP contribution in [0.5, 0.6) is 11.5 Å². The summed E-state index contributed by atoms with van der Waals surface area (Å²) in [5, 5.41) is 0. The van der Waals surface area contributed by atoms with Gasteiger partial charge in [0.15, 0.2) is 11.5 Å². The molecule has 2 aliphatic rings. The highest BCUT2D eigenvalue weighted by molar-refractivity contribution is 5.44. The molecule has 2 fully saturated rings. The van der Waals surface area contributed by atoms with Crippen LogP contribution in [-0.2, 0) is 6.42 Å². The van der Waals surface area contributed by atoms with Gasteiger partial charge in [-0.1, -0.05) is 6.07 Å². The first kappa shape index (κ1) is 13.7. The van der Waals surface area contributed by atoms with E-state index in [1.165, 1.54) is 5.56 Å². The summed E-state index contributed by atoms with van der Waals surface area (Å²) in [5.74, 6) is 1.67. The second-order valence-corrected chi connectivity index (χ2v) is 6.32. The van der Waals surface area contributed by atoms with Crippen LogP contribution >= 0.6 is 0 Å². The predicted molar refractivity (Wildman–Crippen MR) is 79.4 cm³/mol. The quantitative estimate of drug-likeness (QED) is 0.891. The molecule has 1 aliphatic heterocycles. The molecule has 0 bridgehead atoms.